The first-order valence-corrected chi connectivity index (χ1v) is 5.68. The number of nitrogen functional groups attached to an aromatic ring is 1. The lowest BCUT2D eigenvalue weighted by atomic mass is 10.3. The Morgan fingerprint density at radius 1 is 1.65 bits per heavy atom. The van der Waals surface area contributed by atoms with Gasteiger partial charge >= 0.3 is 0 Å². The summed E-state index contributed by atoms with van der Waals surface area (Å²) in [6.07, 6.45) is -2.64. The fourth-order valence-electron chi connectivity index (χ4n) is 1.32. The topological polar surface area (TPSA) is 79.5 Å². The largest absolute Gasteiger partial charge is 0.395 e. The minimum Gasteiger partial charge on any atom is -0.395 e. The van der Waals surface area contributed by atoms with Gasteiger partial charge in [0.1, 0.15) is 4.88 Å². The Kier molecular flexibility index (Phi) is 4.76. The molecule has 3 N–H and O–H groups in total. The molecule has 17 heavy (non-hydrogen) atoms. The van der Waals surface area contributed by atoms with E-state index in [4.69, 9.17) is 10.8 Å². The SMILES string of the molecule is Cc1nc(N)sc1C(=O)N(CCO)CC(F)F. The summed E-state index contributed by atoms with van der Waals surface area (Å²) in [4.78, 5) is 16.9. The number of nitrogens with two attached hydrogens (primary N) is 1. The van der Waals surface area contributed by atoms with Crippen molar-refractivity contribution in [2.24, 2.45) is 0 Å². The summed E-state index contributed by atoms with van der Waals surface area (Å²) in [5.74, 6) is -0.578. The minimum atomic E-state index is -2.64. The summed E-state index contributed by atoms with van der Waals surface area (Å²) in [6, 6.07) is 0. The second-order valence-electron chi connectivity index (χ2n) is 3.33. The molecule has 1 amide bonds. The summed E-state index contributed by atoms with van der Waals surface area (Å²) in [5.41, 5.74) is 5.84. The highest BCUT2D eigenvalue weighted by molar-refractivity contribution is 7.17. The van der Waals surface area contributed by atoms with Crippen LogP contribution < -0.4 is 5.73 Å². The number of anilines is 1. The molecule has 1 heterocycles. The van der Waals surface area contributed by atoms with Gasteiger partial charge in [-0.3, -0.25) is 4.79 Å². The molecule has 1 aromatic heterocycles. The van der Waals surface area contributed by atoms with Gasteiger partial charge in [0.05, 0.1) is 18.8 Å². The van der Waals surface area contributed by atoms with Crippen molar-refractivity contribution < 1.29 is 18.7 Å². The number of aliphatic hydroxyl groups is 1. The molecule has 0 atom stereocenters. The number of alkyl halides is 2. The molecule has 0 aliphatic carbocycles. The van der Waals surface area contributed by atoms with Gasteiger partial charge in [0.2, 0.25) is 0 Å². The highest BCUT2D eigenvalue weighted by atomic mass is 32.1. The van der Waals surface area contributed by atoms with Crippen LogP contribution in [0.15, 0.2) is 0 Å². The predicted molar refractivity (Wildman–Crippen MR) is 60.3 cm³/mol. The number of carbonyl (C=O) groups is 1. The molecule has 0 aliphatic rings. The van der Waals surface area contributed by atoms with E-state index in [-0.39, 0.29) is 23.2 Å². The maximum absolute atomic E-state index is 12.3. The average molecular weight is 265 g/mol. The van der Waals surface area contributed by atoms with Crippen LogP contribution in [0.1, 0.15) is 15.4 Å². The second-order valence-corrected chi connectivity index (χ2v) is 4.36. The van der Waals surface area contributed by atoms with Crippen LogP contribution in [-0.2, 0) is 0 Å². The maximum atomic E-state index is 12.3. The van der Waals surface area contributed by atoms with Crippen molar-refractivity contribution >= 4 is 22.4 Å². The van der Waals surface area contributed by atoms with Crippen molar-refractivity contribution in [2.45, 2.75) is 13.3 Å². The Labute approximate surface area is 101 Å². The van der Waals surface area contributed by atoms with Crippen molar-refractivity contribution in [1.29, 1.82) is 0 Å². The fraction of sp³-hybridized carbons (Fsp3) is 0.556. The van der Waals surface area contributed by atoms with E-state index in [2.05, 4.69) is 4.98 Å². The summed E-state index contributed by atoms with van der Waals surface area (Å²) in [7, 11) is 0. The molecule has 96 valence electrons. The third kappa shape index (κ3) is 3.60. The summed E-state index contributed by atoms with van der Waals surface area (Å²) < 4.78 is 24.6. The van der Waals surface area contributed by atoms with E-state index in [1.54, 1.807) is 6.92 Å². The molecule has 0 fully saturated rings. The van der Waals surface area contributed by atoms with Crippen LogP contribution in [0.5, 0.6) is 0 Å². The Bertz CT molecular complexity index is 398. The van der Waals surface area contributed by atoms with Gasteiger partial charge < -0.3 is 15.7 Å². The van der Waals surface area contributed by atoms with Gasteiger partial charge in [-0.25, -0.2) is 13.8 Å². The molecule has 5 nitrogen and oxygen atoms in total. The van der Waals surface area contributed by atoms with Gasteiger partial charge in [-0.2, -0.15) is 0 Å². The van der Waals surface area contributed by atoms with Crippen molar-refractivity contribution in [3.05, 3.63) is 10.6 Å². The standard InChI is InChI=1S/C9H13F2N3O2S/c1-5-7(17-9(12)13-5)8(16)14(2-3-15)4-6(10)11/h6,15H,2-4H2,1H3,(H2,12,13). The maximum Gasteiger partial charge on any atom is 0.266 e. The Balaban J connectivity index is 2.87. The van der Waals surface area contributed by atoms with Crippen molar-refractivity contribution in [1.82, 2.24) is 9.88 Å². The van der Waals surface area contributed by atoms with Crippen LogP contribution in [0.25, 0.3) is 0 Å². The predicted octanol–water partition coefficient (Wildman–Crippen LogP) is 0.733. The minimum absolute atomic E-state index is 0.138. The van der Waals surface area contributed by atoms with E-state index in [1.807, 2.05) is 0 Å². The van der Waals surface area contributed by atoms with Gasteiger partial charge in [0.15, 0.2) is 5.13 Å². The van der Waals surface area contributed by atoms with Gasteiger partial charge in [-0.15, -0.1) is 0 Å². The van der Waals surface area contributed by atoms with Gasteiger partial charge in [0.25, 0.3) is 12.3 Å². The number of hydrogen-bond donors (Lipinski definition) is 2. The van der Waals surface area contributed by atoms with E-state index in [0.29, 0.717) is 5.69 Å². The molecule has 0 aliphatic heterocycles. The van der Waals surface area contributed by atoms with Crippen molar-refractivity contribution in [3.8, 4) is 0 Å². The zero-order chi connectivity index (χ0) is 13.0. The average Bonchev–Trinajstić information content (AvgIpc) is 2.55. The molecule has 0 bridgehead atoms. The molecular weight excluding hydrogens is 252 g/mol. The van der Waals surface area contributed by atoms with Crippen molar-refractivity contribution in [3.63, 3.8) is 0 Å². The first-order chi connectivity index (χ1) is 7.95. The number of halogens is 2. The molecule has 1 aromatic rings. The van der Waals surface area contributed by atoms with E-state index in [1.165, 1.54) is 0 Å². The van der Waals surface area contributed by atoms with Crippen LogP contribution in [0.2, 0.25) is 0 Å². The number of aromatic nitrogens is 1. The Hall–Kier alpha value is -1.28. The lowest BCUT2D eigenvalue weighted by molar-refractivity contribution is 0.0512. The van der Waals surface area contributed by atoms with Crippen molar-refractivity contribution in [2.75, 3.05) is 25.4 Å². The number of nitrogens with zero attached hydrogens (tertiary/aromatic N) is 2. The van der Waals surface area contributed by atoms with Crippen LogP contribution in [0, 0.1) is 6.92 Å². The van der Waals surface area contributed by atoms with E-state index in [9.17, 15) is 13.6 Å². The van der Waals surface area contributed by atoms with E-state index in [0.717, 1.165) is 16.2 Å². The molecule has 8 heteroatoms. The van der Waals surface area contributed by atoms with Crippen LogP contribution in [0.4, 0.5) is 13.9 Å². The molecule has 1 rings (SSSR count). The molecule has 0 spiro atoms. The lowest BCUT2D eigenvalue weighted by Crippen LogP contribution is -2.37. The number of thiazole rings is 1. The molecule has 0 saturated heterocycles. The quantitative estimate of drug-likeness (QED) is 0.822. The number of aliphatic hydroxyl groups excluding tert-OH is 1. The van der Waals surface area contributed by atoms with Gasteiger partial charge in [-0.05, 0) is 6.92 Å². The Morgan fingerprint density at radius 2 is 2.29 bits per heavy atom. The molecule has 0 radical (unpaired) electrons. The number of rotatable bonds is 5. The molecular formula is C9H13F2N3O2S. The number of amides is 1. The van der Waals surface area contributed by atoms with E-state index >= 15 is 0 Å². The number of aryl methyl sites for hydroxylation is 1. The van der Waals surface area contributed by atoms with Crippen LogP contribution in [-0.4, -0.2) is 47.0 Å². The number of carbonyl (C=O) groups excluding carboxylic acids is 1. The van der Waals surface area contributed by atoms with Crippen LogP contribution in [0.3, 0.4) is 0 Å². The summed E-state index contributed by atoms with van der Waals surface area (Å²) >= 11 is 0.953. The molecule has 0 aromatic carbocycles. The van der Waals surface area contributed by atoms with E-state index < -0.39 is 18.9 Å². The summed E-state index contributed by atoms with van der Waals surface area (Å²) in [5, 5.41) is 8.96. The highest BCUT2D eigenvalue weighted by Gasteiger charge is 2.23. The molecule has 0 saturated carbocycles. The first-order valence-electron chi connectivity index (χ1n) is 4.87. The number of hydrogen-bond acceptors (Lipinski definition) is 5. The Morgan fingerprint density at radius 3 is 2.71 bits per heavy atom. The third-order valence-corrected chi connectivity index (χ3v) is 3.00. The zero-order valence-corrected chi connectivity index (χ0v) is 10.0. The normalized spacial score (nSPS) is 10.9. The first kappa shape index (κ1) is 13.8. The zero-order valence-electron chi connectivity index (χ0n) is 9.19. The van der Waals surface area contributed by atoms with Gasteiger partial charge in [-0.1, -0.05) is 11.3 Å². The highest BCUT2D eigenvalue weighted by Crippen LogP contribution is 2.21. The molecule has 0 unspecified atom stereocenters. The smallest absolute Gasteiger partial charge is 0.266 e. The lowest BCUT2D eigenvalue weighted by Gasteiger charge is -2.20. The second kappa shape index (κ2) is 5.87. The summed E-state index contributed by atoms with van der Waals surface area (Å²) in [6.45, 7) is 0.364. The fourth-order valence-corrected chi connectivity index (χ4v) is 2.12. The van der Waals surface area contributed by atoms with Crippen LogP contribution >= 0.6 is 11.3 Å². The van der Waals surface area contributed by atoms with Gasteiger partial charge in [0, 0.05) is 6.54 Å². The monoisotopic (exact) mass is 265 g/mol. The third-order valence-electron chi connectivity index (χ3n) is 2.02.